The second kappa shape index (κ2) is 7.12. The third-order valence-corrected chi connectivity index (χ3v) is 3.69. The van der Waals surface area contributed by atoms with Gasteiger partial charge in [-0.1, -0.05) is 36.4 Å². The zero-order valence-electron chi connectivity index (χ0n) is 13.5. The predicted molar refractivity (Wildman–Crippen MR) is 97.5 cm³/mol. The Hall–Kier alpha value is -3.23. The van der Waals surface area contributed by atoms with E-state index < -0.39 is 0 Å². The normalized spacial score (nSPS) is 10.4. The average molecular weight is 339 g/mol. The molecule has 0 fully saturated rings. The van der Waals surface area contributed by atoms with Gasteiger partial charge in [-0.2, -0.15) is 9.97 Å². The minimum absolute atomic E-state index is 0.231. The number of nitrogens with zero attached hydrogens (tertiary/aromatic N) is 2. The maximum Gasteiger partial charge on any atom is 0.231 e. The summed E-state index contributed by atoms with van der Waals surface area (Å²) >= 11 is 0. The highest BCUT2D eigenvalue weighted by Crippen LogP contribution is 2.33. The molecule has 0 radical (unpaired) electrons. The van der Waals surface area contributed by atoms with E-state index in [4.69, 9.17) is 11.7 Å². The number of aryl methyl sites for hydroxylation is 1. The number of anilines is 4. The van der Waals surface area contributed by atoms with Crippen molar-refractivity contribution in [2.45, 2.75) is 6.92 Å². The minimum Gasteiger partial charge on any atom is -0.324 e. The van der Waals surface area contributed by atoms with Gasteiger partial charge in [0.15, 0.2) is 11.6 Å². The molecule has 128 valence electrons. The van der Waals surface area contributed by atoms with E-state index in [9.17, 15) is 4.39 Å². The lowest BCUT2D eigenvalue weighted by Gasteiger charge is -2.16. The molecular weight excluding hydrogens is 321 g/mol. The van der Waals surface area contributed by atoms with Crippen LogP contribution in [0.15, 0.2) is 48.5 Å². The monoisotopic (exact) mass is 339 g/mol. The van der Waals surface area contributed by atoms with E-state index in [1.54, 1.807) is 6.07 Å². The molecule has 1 heterocycles. The number of nitrogens with one attached hydrogen (secondary N) is 3. The summed E-state index contributed by atoms with van der Waals surface area (Å²) in [6.07, 6.45) is 0. The Kier molecular flexibility index (Phi) is 4.73. The van der Waals surface area contributed by atoms with E-state index in [0.29, 0.717) is 22.9 Å². The van der Waals surface area contributed by atoms with Gasteiger partial charge in [-0.25, -0.2) is 16.1 Å². The van der Waals surface area contributed by atoms with Crippen LogP contribution in [0.1, 0.15) is 5.56 Å². The lowest BCUT2D eigenvalue weighted by molar-refractivity contribution is 0.628. The van der Waals surface area contributed by atoms with Crippen LogP contribution in [-0.2, 0) is 0 Å². The predicted octanol–water partition coefficient (Wildman–Crippen LogP) is 2.91. The summed E-state index contributed by atoms with van der Waals surface area (Å²) < 4.78 is 13.5. The molecule has 8 heteroatoms. The van der Waals surface area contributed by atoms with Crippen LogP contribution in [-0.4, -0.2) is 9.97 Å². The van der Waals surface area contributed by atoms with Crippen molar-refractivity contribution in [3.63, 3.8) is 0 Å². The SMILES string of the molecule is Cc1ccc(F)cc1Nc1nc(NN)c(-c2ccccc2)c(NN)n1. The minimum atomic E-state index is -0.358. The molecule has 1 aromatic heterocycles. The quantitative estimate of drug-likeness (QED) is 0.359. The molecule has 0 saturated carbocycles. The van der Waals surface area contributed by atoms with E-state index in [-0.39, 0.29) is 11.8 Å². The van der Waals surface area contributed by atoms with Gasteiger partial charge in [0.1, 0.15) is 5.82 Å². The number of aromatic nitrogens is 2. The molecule has 0 saturated heterocycles. The Balaban J connectivity index is 2.07. The Labute approximate surface area is 144 Å². The highest BCUT2D eigenvalue weighted by atomic mass is 19.1. The first-order chi connectivity index (χ1) is 12.1. The summed E-state index contributed by atoms with van der Waals surface area (Å²) in [5, 5.41) is 2.99. The first kappa shape index (κ1) is 16.6. The number of benzene rings is 2. The van der Waals surface area contributed by atoms with Crippen LogP contribution in [0.2, 0.25) is 0 Å². The summed E-state index contributed by atoms with van der Waals surface area (Å²) in [5.74, 6) is 11.9. The Bertz CT molecular complexity index is 858. The van der Waals surface area contributed by atoms with E-state index in [1.807, 2.05) is 37.3 Å². The van der Waals surface area contributed by atoms with Gasteiger partial charge < -0.3 is 16.2 Å². The van der Waals surface area contributed by atoms with Crippen molar-refractivity contribution in [3.8, 4) is 11.1 Å². The topological polar surface area (TPSA) is 114 Å². The smallest absolute Gasteiger partial charge is 0.231 e. The largest absolute Gasteiger partial charge is 0.324 e. The summed E-state index contributed by atoms with van der Waals surface area (Å²) in [6, 6.07) is 13.9. The Morgan fingerprint density at radius 2 is 1.56 bits per heavy atom. The van der Waals surface area contributed by atoms with Gasteiger partial charge in [0.05, 0.1) is 5.56 Å². The molecule has 3 rings (SSSR count). The fourth-order valence-electron chi connectivity index (χ4n) is 2.45. The third kappa shape index (κ3) is 3.49. The summed E-state index contributed by atoms with van der Waals surface area (Å²) in [4.78, 5) is 8.73. The fourth-order valence-corrected chi connectivity index (χ4v) is 2.45. The van der Waals surface area contributed by atoms with Crippen molar-refractivity contribution in [1.82, 2.24) is 9.97 Å². The molecule has 0 unspecified atom stereocenters. The number of rotatable bonds is 5. The molecule has 0 aliphatic heterocycles. The number of hydrogen-bond acceptors (Lipinski definition) is 7. The van der Waals surface area contributed by atoms with Crippen LogP contribution in [0.3, 0.4) is 0 Å². The van der Waals surface area contributed by atoms with Crippen LogP contribution in [0.25, 0.3) is 11.1 Å². The van der Waals surface area contributed by atoms with Crippen LogP contribution in [0, 0.1) is 12.7 Å². The van der Waals surface area contributed by atoms with Gasteiger partial charge in [0.25, 0.3) is 0 Å². The first-order valence-electron chi connectivity index (χ1n) is 7.56. The number of hydrazine groups is 2. The van der Waals surface area contributed by atoms with Crippen LogP contribution in [0.5, 0.6) is 0 Å². The van der Waals surface area contributed by atoms with Crippen molar-refractivity contribution < 1.29 is 4.39 Å². The second-order valence-electron chi connectivity index (χ2n) is 5.36. The molecule has 0 aliphatic carbocycles. The fraction of sp³-hybridized carbons (Fsp3) is 0.0588. The van der Waals surface area contributed by atoms with Crippen molar-refractivity contribution in [3.05, 3.63) is 59.9 Å². The molecule has 0 bridgehead atoms. The lowest BCUT2D eigenvalue weighted by Crippen LogP contribution is -2.17. The lowest BCUT2D eigenvalue weighted by atomic mass is 10.1. The summed E-state index contributed by atoms with van der Waals surface area (Å²) in [5.41, 5.74) is 8.00. The van der Waals surface area contributed by atoms with Gasteiger partial charge in [-0.05, 0) is 30.2 Å². The van der Waals surface area contributed by atoms with Gasteiger partial charge in [0, 0.05) is 5.69 Å². The Morgan fingerprint density at radius 1 is 0.920 bits per heavy atom. The van der Waals surface area contributed by atoms with Gasteiger partial charge in [0.2, 0.25) is 5.95 Å². The highest BCUT2D eigenvalue weighted by molar-refractivity contribution is 5.85. The molecule has 2 aromatic carbocycles. The van der Waals surface area contributed by atoms with Crippen molar-refractivity contribution in [2.75, 3.05) is 16.2 Å². The van der Waals surface area contributed by atoms with Crippen LogP contribution in [0.4, 0.5) is 27.7 Å². The summed E-state index contributed by atoms with van der Waals surface area (Å²) in [6.45, 7) is 1.85. The maximum atomic E-state index is 13.5. The van der Waals surface area contributed by atoms with E-state index in [2.05, 4.69) is 26.1 Å². The van der Waals surface area contributed by atoms with Crippen molar-refractivity contribution in [1.29, 1.82) is 0 Å². The molecule has 7 N–H and O–H groups in total. The van der Waals surface area contributed by atoms with Crippen molar-refractivity contribution >= 4 is 23.3 Å². The van der Waals surface area contributed by atoms with Crippen LogP contribution >= 0.6 is 0 Å². The van der Waals surface area contributed by atoms with Gasteiger partial charge in [-0.15, -0.1) is 0 Å². The number of nitrogens with two attached hydrogens (primary N) is 2. The maximum absolute atomic E-state index is 13.5. The second-order valence-corrected chi connectivity index (χ2v) is 5.36. The molecule has 0 aliphatic rings. The van der Waals surface area contributed by atoms with Crippen molar-refractivity contribution in [2.24, 2.45) is 11.7 Å². The van der Waals surface area contributed by atoms with E-state index in [0.717, 1.165) is 11.1 Å². The highest BCUT2D eigenvalue weighted by Gasteiger charge is 2.16. The molecule has 7 nitrogen and oxygen atoms in total. The molecule has 0 atom stereocenters. The number of hydrogen-bond donors (Lipinski definition) is 5. The number of nitrogen functional groups attached to an aromatic ring is 2. The zero-order valence-corrected chi connectivity index (χ0v) is 13.5. The summed E-state index contributed by atoms with van der Waals surface area (Å²) in [7, 11) is 0. The number of halogens is 1. The molecule has 0 amide bonds. The molecule has 3 aromatic rings. The average Bonchev–Trinajstić information content (AvgIpc) is 2.64. The first-order valence-corrected chi connectivity index (χ1v) is 7.56. The van der Waals surface area contributed by atoms with E-state index in [1.165, 1.54) is 12.1 Å². The van der Waals surface area contributed by atoms with E-state index >= 15 is 0 Å². The third-order valence-electron chi connectivity index (χ3n) is 3.69. The Morgan fingerprint density at radius 3 is 2.16 bits per heavy atom. The zero-order chi connectivity index (χ0) is 17.8. The molecule has 0 spiro atoms. The van der Waals surface area contributed by atoms with Gasteiger partial charge in [-0.3, -0.25) is 0 Å². The molecule has 25 heavy (non-hydrogen) atoms. The van der Waals surface area contributed by atoms with Gasteiger partial charge >= 0.3 is 0 Å². The molecular formula is C17H18FN7. The standard InChI is InChI=1S/C17H18FN7/c1-10-7-8-12(18)9-13(10)21-17-22-15(24-19)14(16(23-17)25-20)11-5-3-2-4-6-11/h2-9H,19-20H2,1H3,(H3,21,22,23,24,25). The van der Waals surface area contributed by atoms with Crippen LogP contribution < -0.4 is 27.9 Å².